The zero-order chi connectivity index (χ0) is 13.4. The molecule has 1 N–H and O–H groups in total. The first-order chi connectivity index (χ1) is 8.71. The fourth-order valence-corrected chi connectivity index (χ4v) is 2.23. The van der Waals surface area contributed by atoms with Crippen LogP contribution in [0.3, 0.4) is 0 Å². The lowest BCUT2D eigenvalue weighted by molar-refractivity contribution is 0.0606. The first kappa shape index (κ1) is 15.2. The maximum Gasteiger partial charge on any atom is 0.0728 e. The van der Waals surface area contributed by atoms with Gasteiger partial charge in [0.1, 0.15) is 0 Å². The maximum absolute atomic E-state index is 5.63. The van der Waals surface area contributed by atoms with Crippen molar-refractivity contribution in [1.29, 1.82) is 0 Å². The van der Waals surface area contributed by atoms with Crippen LogP contribution in [0.5, 0.6) is 0 Å². The minimum Gasteiger partial charge on any atom is -0.380 e. The number of aryl methyl sites for hydroxylation is 1. The Morgan fingerprint density at radius 1 is 1.39 bits per heavy atom. The number of hydrogen-bond acceptors (Lipinski definition) is 3. The SMILES string of the molecule is CCCNC(Cc1ccn(C)n1)C(CCC)OC. The van der Waals surface area contributed by atoms with Crippen molar-refractivity contribution in [2.45, 2.75) is 51.7 Å². The van der Waals surface area contributed by atoms with E-state index >= 15 is 0 Å². The Bertz CT molecular complexity index is 325. The normalized spacial score (nSPS) is 14.7. The minimum atomic E-state index is 0.267. The van der Waals surface area contributed by atoms with Gasteiger partial charge in [-0.25, -0.2) is 0 Å². The quantitative estimate of drug-likeness (QED) is 0.733. The number of rotatable bonds is 9. The van der Waals surface area contributed by atoms with Crippen molar-refractivity contribution in [3.05, 3.63) is 18.0 Å². The van der Waals surface area contributed by atoms with Crippen molar-refractivity contribution in [3.8, 4) is 0 Å². The Labute approximate surface area is 111 Å². The van der Waals surface area contributed by atoms with Gasteiger partial charge in [0.15, 0.2) is 0 Å². The summed E-state index contributed by atoms with van der Waals surface area (Å²) in [5, 5.41) is 8.05. The first-order valence-electron chi connectivity index (χ1n) is 6.95. The Morgan fingerprint density at radius 2 is 2.17 bits per heavy atom. The summed E-state index contributed by atoms with van der Waals surface area (Å²) in [7, 11) is 3.76. The molecule has 2 unspecified atom stereocenters. The first-order valence-corrected chi connectivity index (χ1v) is 6.95. The van der Waals surface area contributed by atoms with Crippen LogP contribution in [-0.4, -0.2) is 35.6 Å². The van der Waals surface area contributed by atoms with Gasteiger partial charge < -0.3 is 10.1 Å². The highest BCUT2D eigenvalue weighted by Crippen LogP contribution is 2.11. The molecule has 18 heavy (non-hydrogen) atoms. The van der Waals surface area contributed by atoms with Gasteiger partial charge in [-0.05, 0) is 25.5 Å². The molecule has 0 aliphatic rings. The monoisotopic (exact) mass is 253 g/mol. The average molecular weight is 253 g/mol. The summed E-state index contributed by atoms with van der Waals surface area (Å²) in [6.45, 7) is 5.41. The summed E-state index contributed by atoms with van der Waals surface area (Å²) in [6, 6.07) is 2.43. The summed E-state index contributed by atoms with van der Waals surface area (Å²) in [6.07, 6.45) is 6.56. The molecule has 0 amide bonds. The molecule has 0 aromatic carbocycles. The van der Waals surface area contributed by atoms with Crippen LogP contribution in [0.2, 0.25) is 0 Å². The van der Waals surface area contributed by atoms with E-state index in [0.29, 0.717) is 6.04 Å². The average Bonchev–Trinajstić information content (AvgIpc) is 2.77. The van der Waals surface area contributed by atoms with Gasteiger partial charge in [0, 0.05) is 32.8 Å². The summed E-state index contributed by atoms with van der Waals surface area (Å²) in [4.78, 5) is 0. The molecular weight excluding hydrogens is 226 g/mol. The second-order valence-corrected chi connectivity index (χ2v) is 4.81. The van der Waals surface area contributed by atoms with Crippen molar-refractivity contribution in [2.75, 3.05) is 13.7 Å². The second-order valence-electron chi connectivity index (χ2n) is 4.81. The fraction of sp³-hybridized carbons (Fsp3) is 0.786. The van der Waals surface area contributed by atoms with Crippen LogP contribution in [0.15, 0.2) is 12.3 Å². The number of ether oxygens (including phenoxy) is 1. The molecule has 0 fully saturated rings. The predicted molar refractivity (Wildman–Crippen MR) is 74.7 cm³/mol. The van der Waals surface area contributed by atoms with Crippen molar-refractivity contribution < 1.29 is 4.74 Å². The Morgan fingerprint density at radius 3 is 2.67 bits per heavy atom. The third-order valence-electron chi connectivity index (χ3n) is 3.18. The fourth-order valence-electron chi connectivity index (χ4n) is 2.23. The highest BCUT2D eigenvalue weighted by molar-refractivity contribution is 5.02. The summed E-state index contributed by atoms with van der Waals surface area (Å²) in [5.74, 6) is 0. The molecule has 0 spiro atoms. The van der Waals surface area contributed by atoms with Gasteiger partial charge >= 0.3 is 0 Å². The van der Waals surface area contributed by atoms with Crippen molar-refractivity contribution in [2.24, 2.45) is 7.05 Å². The van der Waals surface area contributed by atoms with Crippen molar-refractivity contribution in [3.63, 3.8) is 0 Å². The van der Waals surface area contributed by atoms with Gasteiger partial charge in [0.05, 0.1) is 11.8 Å². The topological polar surface area (TPSA) is 39.1 Å². The van der Waals surface area contributed by atoms with Gasteiger partial charge in [0.25, 0.3) is 0 Å². The molecule has 2 atom stereocenters. The number of hydrogen-bond donors (Lipinski definition) is 1. The molecule has 1 rings (SSSR count). The Balaban J connectivity index is 2.63. The van der Waals surface area contributed by atoms with Gasteiger partial charge in [-0.2, -0.15) is 5.10 Å². The van der Waals surface area contributed by atoms with E-state index in [9.17, 15) is 0 Å². The molecular formula is C14H27N3O. The van der Waals surface area contributed by atoms with E-state index in [1.54, 1.807) is 7.11 Å². The minimum absolute atomic E-state index is 0.267. The van der Waals surface area contributed by atoms with Crippen LogP contribution < -0.4 is 5.32 Å². The van der Waals surface area contributed by atoms with Crippen LogP contribution in [0, 0.1) is 0 Å². The molecule has 0 aliphatic carbocycles. The maximum atomic E-state index is 5.63. The lowest BCUT2D eigenvalue weighted by Crippen LogP contribution is -2.43. The zero-order valence-electron chi connectivity index (χ0n) is 12.1. The van der Waals surface area contributed by atoms with Gasteiger partial charge in [-0.15, -0.1) is 0 Å². The number of aromatic nitrogens is 2. The smallest absolute Gasteiger partial charge is 0.0728 e. The molecule has 1 aromatic rings. The van der Waals surface area contributed by atoms with Gasteiger partial charge in [-0.3, -0.25) is 4.68 Å². The van der Waals surface area contributed by atoms with Crippen LogP contribution in [-0.2, 0) is 18.2 Å². The molecule has 4 heteroatoms. The van der Waals surface area contributed by atoms with E-state index < -0.39 is 0 Å². The molecule has 0 radical (unpaired) electrons. The Hall–Kier alpha value is -0.870. The van der Waals surface area contributed by atoms with E-state index in [0.717, 1.165) is 37.9 Å². The predicted octanol–water partition coefficient (Wildman–Crippen LogP) is 2.15. The zero-order valence-corrected chi connectivity index (χ0v) is 12.1. The van der Waals surface area contributed by atoms with E-state index in [1.807, 2.05) is 17.9 Å². The van der Waals surface area contributed by atoms with E-state index in [2.05, 4.69) is 30.3 Å². The molecule has 0 aliphatic heterocycles. The van der Waals surface area contributed by atoms with Crippen LogP contribution in [0.4, 0.5) is 0 Å². The number of nitrogens with one attached hydrogen (secondary N) is 1. The molecule has 4 nitrogen and oxygen atoms in total. The summed E-state index contributed by atoms with van der Waals surface area (Å²) >= 11 is 0. The summed E-state index contributed by atoms with van der Waals surface area (Å²) in [5.41, 5.74) is 1.13. The van der Waals surface area contributed by atoms with Gasteiger partial charge in [0.2, 0.25) is 0 Å². The van der Waals surface area contributed by atoms with Crippen molar-refractivity contribution in [1.82, 2.24) is 15.1 Å². The van der Waals surface area contributed by atoms with E-state index in [-0.39, 0.29) is 6.10 Å². The lowest BCUT2D eigenvalue weighted by Gasteiger charge is -2.26. The third-order valence-corrected chi connectivity index (χ3v) is 3.18. The number of methoxy groups -OCH3 is 1. The number of nitrogens with zero attached hydrogens (tertiary/aromatic N) is 2. The Kier molecular flexibility index (Phi) is 6.98. The molecule has 0 bridgehead atoms. The molecule has 0 saturated heterocycles. The largest absolute Gasteiger partial charge is 0.380 e. The lowest BCUT2D eigenvalue weighted by atomic mass is 10.0. The molecule has 0 saturated carbocycles. The van der Waals surface area contributed by atoms with Crippen molar-refractivity contribution >= 4 is 0 Å². The highest BCUT2D eigenvalue weighted by atomic mass is 16.5. The van der Waals surface area contributed by atoms with E-state index in [1.165, 1.54) is 0 Å². The highest BCUT2D eigenvalue weighted by Gasteiger charge is 2.21. The van der Waals surface area contributed by atoms with Crippen LogP contribution in [0.1, 0.15) is 38.8 Å². The second kappa shape index (κ2) is 8.27. The standard InChI is InChI=1S/C14H27N3O/c1-5-7-14(18-4)13(15-9-6-2)11-12-8-10-17(3)16-12/h8,10,13-15H,5-7,9,11H2,1-4H3. The summed E-state index contributed by atoms with van der Waals surface area (Å²) < 4.78 is 7.49. The third kappa shape index (κ3) is 4.78. The van der Waals surface area contributed by atoms with Crippen LogP contribution in [0.25, 0.3) is 0 Å². The molecule has 104 valence electrons. The molecule has 1 aromatic heterocycles. The van der Waals surface area contributed by atoms with Gasteiger partial charge in [-0.1, -0.05) is 20.3 Å². The van der Waals surface area contributed by atoms with Crippen LogP contribution >= 0.6 is 0 Å². The molecule has 1 heterocycles. The van der Waals surface area contributed by atoms with E-state index in [4.69, 9.17) is 4.74 Å².